The van der Waals surface area contributed by atoms with Crippen LogP contribution in [0.15, 0.2) is 60.6 Å². The molecule has 1 fully saturated rings. The van der Waals surface area contributed by atoms with Crippen LogP contribution >= 0.6 is 31.9 Å². The van der Waals surface area contributed by atoms with E-state index < -0.39 is 6.04 Å². The zero-order chi connectivity index (χ0) is 20.1. The lowest BCUT2D eigenvalue weighted by Gasteiger charge is -2.27. The zero-order valence-electron chi connectivity index (χ0n) is 15.4. The van der Waals surface area contributed by atoms with Crippen LogP contribution in [-0.4, -0.2) is 30.1 Å². The molecule has 29 heavy (non-hydrogen) atoms. The van der Waals surface area contributed by atoms with Gasteiger partial charge in [-0.25, -0.2) is 0 Å². The highest BCUT2D eigenvalue weighted by molar-refractivity contribution is 9.10. The van der Waals surface area contributed by atoms with Gasteiger partial charge >= 0.3 is 0 Å². The van der Waals surface area contributed by atoms with Crippen molar-refractivity contribution in [2.45, 2.75) is 25.0 Å². The molecule has 2 aliphatic rings. The minimum atomic E-state index is -0.491. The van der Waals surface area contributed by atoms with Crippen LogP contribution in [0.2, 0.25) is 0 Å². The van der Waals surface area contributed by atoms with E-state index in [4.69, 9.17) is 9.15 Å². The fraction of sp³-hybridized carbons (Fsp3) is 0.273. The van der Waals surface area contributed by atoms with Crippen LogP contribution in [0.4, 0.5) is 0 Å². The normalized spacial score (nSPS) is 21.2. The second-order valence-corrected chi connectivity index (χ2v) is 9.19. The molecule has 2 unspecified atom stereocenters. The smallest absolute Gasteiger partial charge is 0.291 e. The first-order valence-corrected chi connectivity index (χ1v) is 11.1. The predicted octanol–water partition coefficient (Wildman–Crippen LogP) is 5.04. The Morgan fingerprint density at radius 2 is 1.79 bits per heavy atom. The monoisotopic (exact) mass is 517 g/mol. The van der Waals surface area contributed by atoms with Crippen LogP contribution in [0, 0.1) is 0 Å². The van der Waals surface area contributed by atoms with Crippen molar-refractivity contribution >= 4 is 48.7 Å². The first kappa shape index (κ1) is 19.0. The molecule has 1 saturated heterocycles. The van der Waals surface area contributed by atoms with Gasteiger partial charge in [0.25, 0.3) is 5.91 Å². The highest BCUT2D eigenvalue weighted by Gasteiger charge is 2.43. The van der Waals surface area contributed by atoms with E-state index in [1.54, 1.807) is 23.1 Å². The summed E-state index contributed by atoms with van der Waals surface area (Å²) in [5.41, 5.74) is 1.53. The van der Waals surface area contributed by atoms with Crippen LogP contribution in [0.1, 0.15) is 40.6 Å². The van der Waals surface area contributed by atoms with E-state index in [1.807, 2.05) is 24.3 Å². The number of ether oxygens (including phenoxy) is 1. The van der Waals surface area contributed by atoms with Crippen molar-refractivity contribution in [1.29, 1.82) is 0 Å². The fourth-order valence-corrected chi connectivity index (χ4v) is 4.81. The van der Waals surface area contributed by atoms with Crippen LogP contribution < -0.4 is 5.43 Å². The van der Waals surface area contributed by atoms with E-state index >= 15 is 0 Å². The molecule has 0 N–H and O–H groups in total. The lowest BCUT2D eigenvalue weighted by atomic mass is 9.98. The molecular formula is C22H17Br2NO4. The number of rotatable bonds is 3. The van der Waals surface area contributed by atoms with Gasteiger partial charge in [0, 0.05) is 22.1 Å². The Morgan fingerprint density at radius 3 is 2.52 bits per heavy atom. The summed E-state index contributed by atoms with van der Waals surface area (Å²) in [6, 6.07) is 12.5. The number of benzene rings is 2. The summed E-state index contributed by atoms with van der Waals surface area (Å²) < 4.78 is 13.5. The van der Waals surface area contributed by atoms with E-state index in [-0.39, 0.29) is 23.2 Å². The third kappa shape index (κ3) is 3.25. The molecule has 0 aliphatic carbocycles. The standard InChI is InChI=1S/C22H17Br2NO4/c23-13-5-3-12(4-6-13)19-18-20(26)16-10-14(24)7-8-17(16)29-21(18)22(27)25(19)11-15-2-1-9-28-15/h3-8,10,15,19H,1-2,9,11H2. The second-order valence-electron chi connectivity index (χ2n) is 7.36. The van der Waals surface area contributed by atoms with Crippen molar-refractivity contribution in [1.82, 2.24) is 4.90 Å². The number of hydrogen-bond donors (Lipinski definition) is 0. The van der Waals surface area contributed by atoms with Gasteiger partial charge < -0.3 is 14.1 Å². The van der Waals surface area contributed by atoms with Crippen molar-refractivity contribution in [3.63, 3.8) is 0 Å². The molecule has 0 bridgehead atoms. The number of fused-ring (bicyclic) bond motifs is 2. The molecule has 7 heteroatoms. The van der Waals surface area contributed by atoms with Gasteiger partial charge in [-0.1, -0.05) is 44.0 Å². The topological polar surface area (TPSA) is 59.8 Å². The molecule has 0 saturated carbocycles. The Bertz CT molecular complexity index is 1170. The molecule has 5 rings (SSSR count). The quantitative estimate of drug-likeness (QED) is 0.487. The van der Waals surface area contributed by atoms with E-state index in [0.717, 1.165) is 27.4 Å². The maximum absolute atomic E-state index is 13.5. The molecule has 3 aromatic rings. The molecule has 148 valence electrons. The third-order valence-electron chi connectivity index (χ3n) is 5.54. The van der Waals surface area contributed by atoms with Gasteiger partial charge in [0.15, 0.2) is 5.43 Å². The summed E-state index contributed by atoms with van der Waals surface area (Å²) >= 11 is 6.87. The van der Waals surface area contributed by atoms with Gasteiger partial charge in [0.1, 0.15) is 5.58 Å². The molecule has 2 aromatic carbocycles. The van der Waals surface area contributed by atoms with Gasteiger partial charge in [-0.05, 0) is 48.7 Å². The summed E-state index contributed by atoms with van der Waals surface area (Å²) in [6.07, 6.45) is 1.87. The number of amides is 1. The van der Waals surface area contributed by atoms with E-state index in [1.165, 1.54) is 0 Å². The minimum absolute atomic E-state index is 0.0233. The molecule has 0 radical (unpaired) electrons. The second kappa shape index (κ2) is 7.38. The van der Waals surface area contributed by atoms with Crippen molar-refractivity contribution in [2.75, 3.05) is 13.2 Å². The van der Waals surface area contributed by atoms with Crippen LogP contribution in [0.3, 0.4) is 0 Å². The molecule has 5 nitrogen and oxygen atoms in total. The average Bonchev–Trinajstić information content (AvgIpc) is 3.32. The Kier molecular flexibility index (Phi) is 4.84. The van der Waals surface area contributed by atoms with Gasteiger partial charge in [0.05, 0.1) is 23.1 Å². The van der Waals surface area contributed by atoms with Gasteiger partial charge in [-0.2, -0.15) is 0 Å². The Balaban J connectivity index is 1.71. The highest BCUT2D eigenvalue weighted by Crippen LogP contribution is 2.39. The van der Waals surface area contributed by atoms with Gasteiger partial charge in [0.2, 0.25) is 5.76 Å². The maximum Gasteiger partial charge on any atom is 0.291 e. The largest absolute Gasteiger partial charge is 0.450 e. The van der Waals surface area contributed by atoms with Crippen LogP contribution in [0.25, 0.3) is 11.0 Å². The fourth-order valence-electron chi connectivity index (χ4n) is 4.18. The van der Waals surface area contributed by atoms with Crippen molar-refractivity contribution in [3.05, 3.63) is 78.5 Å². The summed E-state index contributed by atoms with van der Waals surface area (Å²) in [7, 11) is 0. The number of carbonyl (C=O) groups excluding carboxylic acids is 1. The molecule has 2 atom stereocenters. The number of halogens is 2. The SMILES string of the molecule is O=C1c2oc3ccc(Br)cc3c(=O)c2C(c2ccc(Br)cc2)N1CC1CCCO1. The zero-order valence-corrected chi connectivity index (χ0v) is 18.5. The Labute approximate surface area is 183 Å². The van der Waals surface area contributed by atoms with Crippen molar-refractivity contribution in [3.8, 4) is 0 Å². The predicted molar refractivity (Wildman–Crippen MR) is 116 cm³/mol. The molecule has 3 heterocycles. The summed E-state index contributed by atoms with van der Waals surface area (Å²) in [6.45, 7) is 1.14. The molecule has 2 aliphatic heterocycles. The summed E-state index contributed by atoms with van der Waals surface area (Å²) in [5.74, 6) is -0.124. The summed E-state index contributed by atoms with van der Waals surface area (Å²) in [5, 5.41) is 0.465. The van der Waals surface area contributed by atoms with Crippen molar-refractivity contribution in [2.24, 2.45) is 0 Å². The van der Waals surface area contributed by atoms with Crippen LogP contribution in [0.5, 0.6) is 0 Å². The Morgan fingerprint density at radius 1 is 1.03 bits per heavy atom. The van der Waals surface area contributed by atoms with E-state index in [9.17, 15) is 9.59 Å². The Hall–Kier alpha value is -1.96. The summed E-state index contributed by atoms with van der Waals surface area (Å²) in [4.78, 5) is 28.5. The maximum atomic E-state index is 13.5. The minimum Gasteiger partial charge on any atom is -0.450 e. The first-order valence-electron chi connectivity index (χ1n) is 9.47. The molecular weight excluding hydrogens is 502 g/mol. The number of hydrogen-bond acceptors (Lipinski definition) is 4. The lowest BCUT2D eigenvalue weighted by Crippen LogP contribution is -2.36. The van der Waals surface area contributed by atoms with E-state index in [0.29, 0.717) is 29.7 Å². The lowest BCUT2D eigenvalue weighted by molar-refractivity contribution is 0.0486. The van der Waals surface area contributed by atoms with Gasteiger partial charge in [-0.15, -0.1) is 0 Å². The first-order chi connectivity index (χ1) is 14.0. The number of carbonyl (C=O) groups is 1. The van der Waals surface area contributed by atoms with Gasteiger partial charge in [-0.3, -0.25) is 9.59 Å². The highest BCUT2D eigenvalue weighted by atomic mass is 79.9. The molecule has 1 amide bonds. The third-order valence-corrected chi connectivity index (χ3v) is 6.56. The van der Waals surface area contributed by atoms with Crippen LogP contribution in [-0.2, 0) is 4.74 Å². The number of nitrogens with zero attached hydrogens (tertiary/aromatic N) is 1. The van der Waals surface area contributed by atoms with E-state index in [2.05, 4.69) is 31.9 Å². The van der Waals surface area contributed by atoms with Crippen molar-refractivity contribution < 1.29 is 13.9 Å². The molecule has 0 spiro atoms. The average molecular weight is 519 g/mol. The molecule has 1 aromatic heterocycles.